The summed E-state index contributed by atoms with van der Waals surface area (Å²) in [4.78, 5) is 4.72. The molecule has 2 rings (SSSR count). The summed E-state index contributed by atoms with van der Waals surface area (Å²) in [6, 6.07) is 2.26. The number of aromatic nitrogens is 2. The van der Waals surface area contributed by atoms with Crippen LogP contribution in [0.1, 0.15) is 33.6 Å². The molecule has 1 heterocycles. The highest BCUT2D eigenvalue weighted by atomic mass is 15.1. The highest BCUT2D eigenvalue weighted by molar-refractivity contribution is 5.66. The summed E-state index contributed by atoms with van der Waals surface area (Å²) >= 11 is 0. The molecular formula is C16H22N2. The first-order valence-electron chi connectivity index (χ1n) is 6.42. The van der Waals surface area contributed by atoms with Gasteiger partial charge in [-0.15, -0.1) is 0 Å². The second-order valence-electron chi connectivity index (χ2n) is 5.28. The maximum Gasteiger partial charge on any atom is 0.140 e. The van der Waals surface area contributed by atoms with E-state index < -0.39 is 0 Å². The lowest BCUT2D eigenvalue weighted by Gasteiger charge is -2.14. The molecule has 0 saturated heterocycles. The fourth-order valence-electron chi connectivity index (χ4n) is 2.40. The SMILES string of the molecule is Cc1cc(-c2nc(C)c(C)n2C)c(C)c(C)c1C. The molecular weight excluding hydrogens is 220 g/mol. The monoisotopic (exact) mass is 242 g/mol. The van der Waals surface area contributed by atoms with Gasteiger partial charge in [0, 0.05) is 18.3 Å². The maximum absolute atomic E-state index is 4.72. The lowest BCUT2D eigenvalue weighted by molar-refractivity contribution is 0.879. The zero-order valence-electron chi connectivity index (χ0n) is 12.5. The molecule has 96 valence electrons. The number of rotatable bonds is 1. The van der Waals surface area contributed by atoms with Crippen LogP contribution in [-0.4, -0.2) is 9.55 Å². The summed E-state index contributed by atoms with van der Waals surface area (Å²) in [7, 11) is 2.09. The fraction of sp³-hybridized carbons (Fsp3) is 0.438. The van der Waals surface area contributed by atoms with E-state index in [4.69, 9.17) is 4.98 Å². The standard InChI is InChI=1S/C16H22N2/c1-9-8-15(12(4)11(3)10(9)2)16-17-13(5)14(6)18(16)7/h8H,1-7H3. The molecule has 0 spiro atoms. The molecule has 0 bridgehead atoms. The summed E-state index contributed by atoms with van der Waals surface area (Å²) in [6.07, 6.45) is 0. The van der Waals surface area contributed by atoms with Crippen molar-refractivity contribution >= 4 is 0 Å². The van der Waals surface area contributed by atoms with E-state index in [0.29, 0.717) is 0 Å². The first kappa shape index (κ1) is 12.9. The second kappa shape index (κ2) is 4.27. The van der Waals surface area contributed by atoms with Gasteiger partial charge < -0.3 is 4.57 Å². The van der Waals surface area contributed by atoms with Gasteiger partial charge in [-0.1, -0.05) is 0 Å². The Labute approximate surface area is 110 Å². The van der Waals surface area contributed by atoms with Gasteiger partial charge in [0.05, 0.1) is 5.69 Å². The minimum Gasteiger partial charge on any atom is -0.331 e. The van der Waals surface area contributed by atoms with Crippen molar-refractivity contribution in [1.82, 2.24) is 9.55 Å². The Morgan fingerprint density at radius 1 is 0.889 bits per heavy atom. The van der Waals surface area contributed by atoms with Gasteiger partial charge in [-0.2, -0.15) is 0 Å². The Morgan fingerprint density at radius 3 is 2.00 bits per heavy atom. The van der Waals surface area contributed by atoms with Crippen LogP contribution in [0.4, 0.5) is 0 Å². The highest BCUT2D eigenvalue weighted by Crippen LogP contribution is 2.29. The van der Waals surface area contributed by atoms with Gasteiger partial charge in [0.1, 0.15) is 5.82 Å². The van der Waals surface area contributed by atoms with E-state index in [1.54, 1.807) is 0 Å². The Kier molecular flexibility index (Phi) is 3.05. The number of hydrogen-bond acceptors (Lipinski definition) is 1. The van der Waals surface area contributed by atoms with Gasteiger partial charge >= 0.3 is 0 Å². The minimum absolute atomic E-state index is 1.08. The van der Waals surface area contributed by atoms with Crippen LogP contribution in [0.5, 0.6) is 0 Å². The molecule has 0 aliphatic carbocycles. The van der Waals surface area contributed by atoms with Crippen molar-refractivity contribution in [3.63, 3.8) is 0 Å². The predicted molar refractivity (Wildman–Crippen MR) is 77.1 cm³/mol. The van der Waals surface area contributed by atoms with Gasteiger partial charge in [0.15, 0.2) is 0 Å². The predicted octanol–water partition coefficient (Wildman–Crippen LogP) is 3.94. The van der Waals surface area contributed by atoms with Gasteiger partial charge in [-0.05, 0) is 69.9 Å². The van der Waals surface area contributed by atoms with Crippen LogP contribution >= 0.6 is 0 Å². The first-order valence-corrected chi connectivity index (χ1v) is 6.42. The van der Waals surface area contributed by atoms with Crippen LogP contribution in [0, 0.1) is 41.5 Å². The summed E-state index contributed by atoms with van der Waals surface area (Å²) in [5.74, 6) is 1.08. The van der Waals surface area contributed by atoms with E-state index >= 15 is 0 Å². The van der Waals surface area contributed by atoms with E-state index in [2.05, 4.69) is 59.2 Å². The maximum atomic E-state index is 4.72. The van der Waals surface area contributed by atoms with Crippen molar-refractivity contribution in [3.05, 3.63) is 39.7 Å². The topological polar surface area (TPSA) is 17.8 Å². The van der Waals surface area contributed by atoms with Crippen molar-refractivity contribution in [2.24, 2.45) is 7.05 Å². The number of hydrogen-bond donors (Lipinski definition) is 0. The third-order valence-corrected chi connectivity index (χ3v) is 4.34. The van der Waals surface area contributed by atoms with Crippen molar-refractivity contribution in [3.8, 4) is 11.4 Å². The van der Waals surface area contributed by atoms with Crippen LogP contribution in [0.25, 0.3) is 11.4 Å². The van der Waals surface area contributed by atoms with Crippen molar-refractivity contribution in [2.45, 2.75) is 41.5 Å². The number of aryl methyl sites for hydroxylation is 2. The average Bonchev–Trinajstić information content (AvgIpc) is 2.59. The second-order valence-corrected chi connectivity index (χ2v) is 5.28. The molecule has 1 aromatic carbocycles. The molecule has 0 atom stereocenters. The Morgan fingerprint density at radius 2 is 1.50 bits per heavy atom. The molecule has 2 nitrogen and oxygen atoms in total. The van der Waals surface area contributed by atoms with Crippen LogP contribution < -0.4 is 0 Å². The van der Waals surface area contributed by atoms with Crippen LogP contribution in [-0.2, 0) is 7.05 Å². The average molecular weight is 242 g/mol. The molecule has 0 saturated carbocycles. The Balaban J connectivity index is 2.76. The molecule has 0 aliphatic rings. The third kappa shape index (κ3) is 1.76. The lowest BCUT2D eigenvalue weighted by Crippen LogP contribution is -2.00. The third-order valence-electron chi connectivity index (χ3n) is 4.34. The van der Waals surface area contributed by atoms with E-state index in [0.717, 1.165) is 11.5 Å². The molecule has 0 fully saturated rings. The molecule has 1 aromatic heterocycles. The number of imidazole rings is 1. The first-order chi connectivity index (χ1) is 8.34. The zero-order valence-corrected chi connectivity index (χ0v) is 12.5. The smallest absolute Gasteiger partial charge is 0.140 e. The summed E-state index contributed by atoms with van der Waals surface area (Å²) in [6.45, 7) is 12.9. The fourth-order valence-corrected chi connectivity index (χ4v) is 2.40. The largest absolute Gasteiger partial charge is 0.331 e. The normalized spacial score (nSPS) is 11.1. The molecule has 2 aromatic rings. The summed E-state index contributed by atoms with van der Waals surface area (Å²) < 4.78 is 2.19. The van der Waals surface area contributed by atoms with Gasteiger partial charge in [0.2, 0.25) is 0 Å². The van der Waals surface area contributed by atoms with Gasteiger partial charge in [-0.3, -0.25) is 0 Å². The molecule has 0 aliphatic heterocycles. The molecule has 0 amide bonds. The van der Waals surface area contributed by atoms with Crippen LogP contribution in [0.2, 0.25) is 0 Å². The van der Waals surface area contributed by atoms with Crippen LogP contribution in [0.15, 0.2) is 6.07 Å². The Bertz CT molecular complexity index is 619. The Hall–Kier alpha value is -1.57. The van der Waals surface area contributed by atoms with E-state index in [1.165, 1.54) is 33.5 Å². The molecule has 0 unspecified atom stereocenters. The van der Waals surface area contributed by atoms with Crippen LogP contribution in [0.3, 0.4) is 0 Å². The van der Waals surface area contributed by atoms with E-state index in [9.17, 15) is 0 Å². The van der Waals surface area contributed by atoms with Crippen molar-refractivity contribution in [1.29, 1.82) is 0 Å². The molecule has 0 radical (unpaired) electrons. The summed E-state index contributed by atoms with van der Waals surface area (Å²) in [5.41, 5.74) is 9.05. The summed E-state index contributed by atoms with van der Waals surface area (Å²) in [5, 5.41) is 0. The molecule has 0 N–H and O–H groups in total. The van der Waals surface area contributed by atoms with Gasteiger partial charge in [-0.25, -0.2) is 4.98 Å². The minimum atomic E-state index is 1.08. The molecule has 2 heteroatoms. The van der Waals surface area contributed by atoms with E-state index in [1.807, 2.05) is 0 Å². The zero-order chi connectivity index (χ0) is 13.6. The van der Waals surface area contributed by atoms with Crippen molar-refractivity contribution in [2.75, 3.05) is 0 Å². The van der Waals surface area contributed by atoms with Gasteiger partial charge in [0.25, 0.3) is 0 Å². The number of benzene rings is 1. The number of nitrogens with zero attached hydrogens (tertiary/aromatic N) is 2. The van der Waals surface area contributed by atoms with E-state index in [-0.39, 0.29) is 0 Å². The van der Waals surface area contributed by atoms with Crippen molar-refractivity contribution < 1.29 is 0 Å². The highest BCUT2D eigenvalue weighted by Gasteiger charge is 2.15. The lowest BCUT2D eigenvalue weighted by atomic mass is 9.94. The molecule has 18 heavy (non-hydrogen) atoms. The quantitative estimate of drug-likeness (QED) is 0.740.